The predicted molar refractivity (Wildman–Crippen MR) is 79.8 cm³/mol. The first-order valence-electron chi connectivity index (χ1n) is 6.26. The molecule has 0 aliphatic carbocycles. The molecule has 3 nitrogen and oxygen atoms in total. The lowest BCUT2D eigenvalue weighted by atomic mass is 10.0. The molecule has 1 unspecified atom stereocenters. The number of hydrogen-bond donors (Lipinski definition) is 2. The van der Waals surface area contributed by atoms with E-state index in [1.807, 2.05) is 11.3 Å². The predicted octanol–water partition coefficient (Wildman–Crippen LogP) is 2.23. The highest BCUT2D eigenvalue weighted by atomic mass is 32.1. The number of nitrogens with zero attached hydrogens (tertiary/aromatic N) is 1. The van der Waals surface area contributed by atoms with Crippen LogP contribution in [0, 0.1) is 0 Å². The highest BCUT2D eigenvalue weighted by Gasteiger charge is 2.11. The van der Waals surface area contributed by atoms with Gasteiger partial charge in [0.05, 0.1) is 0 Å². The van der Waals surface area contributed by atoms with Crippen molar-refractivity contribution in [1.29, 1.82) is 0 Å². The van der Waals surface area contributed by atoms with Crippen LogP contribution in [0.2, 0.25) is 0 Å². The van der Waals surface area contributed by atoms with Gasteiger partial charge in [0.15, 0.2) is 0 Å². The van der Waals surface area contributed by atoms with E-state index in [9.17, 15) is 0 Å². The third kappa shape index (κ3) is 3.29. The lowest BCUT2D eigenvalue weighted by Gasteiger charge is -2.18. The quantitative estimate of drug-likeness (QED) is 0.620. The van der Waals surface area contributed by atoms with Crippen molar-refractivity contribution in [3.05, 3.63) is 35.2 Å². The molecule has 4 heteroatoms. The molecule has 0 saturated carbocycles. The molecule has 3 N–H and O–H groups in total. The first-order chi connectivity index (χ1) is 8.70. The second kappa shape index (κ2) is 6.29. The SMILES string of the molecule is CN(C)CCC(Cc1csc2ccccc12)NN. The van der Waals surface area contributed by atoms with Crippen molar-refractivity contribution < 1.29 is 0 Å². The van der Waals surface area contributed by atoms with Gasteiger partial charge in [0.2, 0.25) is 0 Å². The number of nitrogens with two attached hydrogens (primary N) is 1. The number of thiophene rings is 1. The van der Waals surface area contributed by atoms with Crippen LogP contribution in [0.5, 0.6) is 0 Å². The van der Waals surface area contributed by atoms with E-state index in [2.05, 4.69) is 54.1 Å². The van der Waals surface area contributed by atoms with Gasteiger partial charge in [0, 0.05) is 10.7 Å². The van der Waals surface area contributed by atoms with Gasteiger partial charge in [-0.3, -0.25) is 11.3 Å². The van der Waals surface area contributed by atoms with Gasteiger partial charge >= 0.3 is 0 Å². The molecule has 98 valence electrons. The standard InChI is InChI=1S/C14H21N3S/c1-17(2)8-7-12(16-15)9-11-10-18-14-6-4-3-5-13(11)14/h3-6,10,12,16H,7-9,15H2,1-2H3. The fourth-order valence-electron chi connectivity index (χ4n) is 2.11. The Morgan fingerprint density at radius 2 is 2.11 bits per heavy atom. The van der Waals surface area contributed by atoms with Crippen LogP contribution in [0.25, 0.3) is 10.1 Å². The third-order valence-corrected chi connectivity index (χ3v) is 4.20. The van der Waals surface area contributed by atoms with Gasteiger partial charge in [-0.15, -0.1) is 11.3 Å². The van der Waals surface area contributed by atoms with Gasteiger partial charge < -0.3 is 4.90 Å². The first kappa shape index (κ1) is 13.5. The lowest BCUT2D eigenvalue weighted by Crippen LogP contribution is -2.38. The highest BCUT2D eigenvalue weighted by Crippen LogP contribution is 2.26. The molecule has 2 aromatic rings. The second-order valence-electron chi connectivity index (χ2n) is 4.92. The molecule has 0 bridgehead atoms. The summed E-state index contributed by atoms with van der Waals surface area (Å²) in [4.78, 5) is 2.19. The first-order valence-corrected chi connectivity index (χ1v) is 7.14. The Labute approximate surface area is 113 Å². The van der Waals surface area contributed by atoms with Gasteiger partial charge in [0.25, 0.3) is 0 Å². The molecule has 2 rings (SSSR count). The molecule has 1 aromatic carbocycles. The zero-order valence-electron chi connectivity index (χ0n) is 11.0. The van der Waals surface area contributed by atoms with Crippen molar-refractivity contribution in [1.82, 2.24) is 10.3 Å². The van der Waals surface area contributed by atoms with E-state index in [-0.39, 0.29) is 0 Å². The van der Waals surface area contributed by atoms with Gasteiger partial charge in [-0.05, 0) is 55.9 Å². The smallest absolute Gasteiger partial charge is 0.0345 e. The monoisotopic (exact) mass is 263 g/mol. The largest absolute Gasteiger partial charge is 0.309 e. The van der Waals surface area contributed by atoms with Crippen molar-refractivity contribution >= 4 is 21.4 Å². The van der Waals surface area contributed by atoms with Gasteiger partial charge in [0.1, 0.15) is 0 Å². The average molecular weight is 263 g/mol. The minimum Gasteiger partial charge on any atom is -0.309 e. The van der Waals surface area contributed by atoms with E-state index >= 15 is 0 Å². The minimum atomic E-state index is 0.338. The van der Waals surface area contributed by atoms with Crippen LogP contribution >= 0.6 is 11.3 Å². The van der Waals surface area contributed by atoms with Gasteiger partial charge in [-0.2, -0.15) is 0 Å². The Morgan fingerprint density at radius 3 is 2.83 bits per heavy atom. The summed E-state index contributed by atoms with van der Waals surface area (Å²) in [7, 11) is 4.18. The fourth-order valence-corrected chi connectivity index (χ4v) is 3.09. The lowest BCUT2D eigenvalue weighted by molar-refractivity contribution is 0.358. The van der Waals surface area contributed by atoms with Crippen LogP contribution in [-0.2, 0) is 6.42 Å². The van der Waals surface area contributed by atoms with E-state index < -0.39 is 0 Å². The maximum atomic E-state index is 5.65. The molecule has 1 heterocycles. The van der Waals surface area contributed by atoms with E-state index in [1.54, 1.807) is 0 Å². The van der Waals surface area contributed by atoms with Crippen molar-refractivity contribution in [2.75, 3.05) is 20.6 Å². The van der Waals surface area contributed by atoms with Gasteiger partial charge in [-0.1, -0.05) is 18.2 Å². The average Bonchev–Trinajstić information content (AvgIpc) is 2.77. The Bertz CT molecular complexity index is 492. The number of nitrogens with one attached hydrogen (secondary N) is 1. The highest BCUT2D eigenvalue weighted by molar-refractivity contribution is 7.17. The molecular weight excluding hydrogens is 242 g/mol. The van der Waals surface area contributed by atoms with Crippen LogP contribution in [0.3, 0.4) is 0 Å². The Morgan fingerprint density at radius 1 is 1.33 bits per heavy atom. The van der Waals surface area contributed by atoms with Crippen LogP contribution in [-0.4, -0.2) is 31.6 Å². The topological polar surface area (TPSA) is 41.3 Å². The molecule has 0 aliphatic heterocycles. The molecule has 0 radical (unpaired) electrons. The van der Waals surface area contributed by atoms with Crippen LogP contribution in [0.15, 0.2) is 29.6 Å². The van der Waals surface area contributed by atoms with Crippen molar-refractivity contribution in [2.45, 2.75) is 18.9 Å². The molecule has 0 spiro atoms. The van der Waals surface area contributed by atoms with Crippen molar-refractivity contribution in [3.63, 3.8) is 0 Å². The summed E-state index contributed by atoms with van der Waals surface area (Å²) in [5.41, 5.74) is 4.34. The van der Waals surface area contributed by atoms with E-state index in [4.69, 9.17) is 5.84 Å². The fraction of sp³-hybridized carbons (Fsp3) is 0.429. The summed E-state index contributed by atoms with van der Waals surface area (Å²) < 4.78 is 1.36. The van der Waals surface area contributed by atoms with E-state index in [0.717, 1.165) is 19.4 Å². The summed E-state index contributed by atoms with van der Waals surface area (Å²) in [6.45, 7) is 1.05. The second-order valence-corrected chi connectivity index (χ2v) is 5.83. The molecular formula is C14H21N3S. The van der Waals surface area contributed by atoms with Crippen molar-refractivity contribution in [3.8, 4) is 0 Å². The minimum absolute atomic E-state index is 0.338. The molecule has 18 heavy (non-hydrogen) atoms. The van der Waals surface area contributed by atoms with Crippen LogP contribution in [0.1, 0.15) is 12.0 Å². The Hall–Kier alpha value is -0.940. The van der Waals surface area contributed by atoms with Crippen molar-refractivity contribution in [2.24, 2.45) is 5.84 Å². The van der Waals surface area contributed by atoms with Crippen LogP contribution in [0.4, 0.5) is 0 Å². The normalized spacial score (nSPS) is 13.3. The summed E-state index contributed by atoms with van der Waals surface area (Å²) in [6, 6.07) is 8.90. The Kier molecular flexibility index (Phi) is 4.72. The maximum absolute atomic E-state index is 5.65. The van der Waals surface area contributed by atoms with Gasteiger partial charge in [-0.25, -0.2) is 0 Å². The molecule has 1 aromatic heterocycles. The third-order valence-electron chi connectivity index (χ3n) is 3.19. The molecule has 0 aliphatic rings. The summed E-state index contributed by atoms with van der Waals surface area (Å²) in [6.07, 6.45) is 2.06. The van der Waals surface area contributed by atoms with E-state index in [0.29, 0.717) is 6.04 Å². The number of rotatable bonds is 6. The Balaban J connectivity index is 2.07. The number of benzene rings is 1. The molecule has 0 saturated heterocycles. The summed E-state index contributed by atoms with van der Waals surface area (Å²) in [5, 5.41) is 3.62. The number of hydrogen-bond acceptors (Lipinski definition) is 4. The van der Waals surface area contributed by atoms with E-state index in [1.165, 1.54) is 15.6 Å². The summed E-state index contributed by atoms with van der Waals surface area (Å²) in [5.74, 6) is 5.65. The maximum Gasteiger partial charge on any atom is 0.0345 e. The zero-order valence-corrected chi connectivity index (χ0v) is 11.8. The molecule has 0 fully saturated rings. The summed E-state index contributed by atoms with van der Waals surface area (Å²) >= 11 is 1.81. The number of fused-ring (bicyclic) bond motifs is 1. The van der Waals surface area contributed by atoms with Crippen LogP contribution < -0.4 is 11.3 Å². The zero-order chi connectivity index (χ0) is 13.0. The molecule has 0 amide bonds. The number of hydrazine groups is 1. The molecule has 1 atom stereocenters.